The lowest BCUT2D eigenvalue weighted by Gasteiger charge is -2.15. The van der Waals surface area contributed by atoms with Crippen molar-refractivity contribution >= 4 is 17.4 Å². The highest BCUT2D eigenvalue weighted by Crippen LogP contribution is 2.29. The van der Waals surface area contributed by atoms with Gasteiger partial charge in [-0.3, -0.25) is 9.59 Å². The second-order valence-electron chi connectivity index (χ2n) is 3.71. The molecule has 1 heterocycles. The van der Waals surface area contributed by atoms with E-state index in [1.165, 1.54) is 17.0 Å². The van der Waals surface area contributed by atoms with Gasteiger partial charge in [-0.25, -0.2) is 4.39 Å². The quantitative estimate of drug-likeness (QED) is 0.588. The first kappa shape index (κ1) is 11.3. The molecule has 0 spiro atoms. The molecule has 1 amide bonds. The van der Waals surface area contributed by atoms with Crippen LogP contribution in [0.3, 0.4) is 0 Å². The van der Waals surface area contributed by atoms with Gasteiger partial charge in [0.15, 0.2) is 0 Å². The Morgan fingerprint density at radius 1 is 1.35 bits per heavy atom. The predicted octanol–water partition coefficient (Wildman–Crippen LogP) is 1.66. The molecule has 1 aromatic rings. The summed E-state index contributed by atoms with van der Waals surface area (Å²) < 4.78 is 13.0. The van der Waals surface area contributed by atoms with Crippen LogP contribution in [0.25, 0.3) is 0 Å². The second-order valence-corrected chi connectivity index (χ2v) is 3.71. The normalized spacial score (nSPS) is 13.8. The summed E-state index contributed by atoms with van der Waals surface area (Å²) in [5.41, 5.74) is 0.534. The molecule has 0 N–H and O–H groups in total. The highest BCUT2D eigenvalue weighted by atomic mass is 19.1. The number of unbranched alkanes of at least 4 members (excludes halogenated alkanes) is 1. The van der Waals surface area contributed by atoms with Gasteiger partial charge in [-0.05, 0) is 24.6 Å². The molecule has 17 heavy (non-hydrogen) atoms. The number of hydrogen-bond acceptors (Lipinski definition) is 3. The number of fused-ring (bicyclic) bond motifs is 1. The Labute approximate surface area is 97.3 Å². The summed E-state index contributed by atoms with van der Waals surface area (Å²) >= 11 is 0. The molecule has 0 fully saturated rings. The average Bonchev–Trinajstić information content (AvgIpc) is 2.54. The van der Waals surface area contributed by atoms with E-state index in [4.69, 9.17) is 5.26 Å². The number of nitriles is 1. The number of Topliss-reactive ketones (excluding diaryl/α,β-unsaturated/α-hetero) is 1. The van der Waals surface area contributed by atoms with Crippen LogP contribution in [0, 0.1) is 17.1 Å². The van der Waals surface area contributed by atoms with E-state index in [1.54, 1.807) is 0 Å². The Bertz CT molecular complexity index is 534. The summed E-state index contributed by atoms with van der Waals surface area (Å²) in [5.74, 6) is -1.87. The van der Waals surface area contributed by atoms with Crippen LogP contribution < -0.4 is 4.90 Å². The number of benzene rings is 1. The molecule has 0 saturated carbocycles. The van der Waals surface area contributed by atoms with Crippen molar-refractivity contribution in [1.29, 1.82) is 5.26 Å². The van der Waals surface area contributed by atoms with Crippen LogP contribution >= 0.6 is 0 Å². The molecule has 86 valence electrons. The molecule has 1 aromatic carbocycles. The molecule has 0 saturated heterocycles. The van der Waals surface area contributed by atoms with Crippen LogP contribution in [-0.2, 0) is 4.79 Å². The van der Waals surface area contributed by atoms with Gasteiger partial charge < -0.3 is 4.90 Å². The van der Waals surface area contributed by atoms with E-state index in [0.717, 1.165) is 6.07 Å². The first-order valence-corrected chi connectivity index (χ1v) is 5.18. The number of nitrogens with zero attached hydrogens (tertiary/aromatic N) is 2. The van der Waals surface area contributed by atoms with Crippen LogP contribution in [0.5, 0.6) is 0 Å². The highest BCUT2D eigenvalue weighted by molar-refractivity contribution is 6.52. The van der Waals surface area contributed by atoms with Crippen LogP contribution in [0.2, 0.25) is 0 Å². The predicted molar refractivity (Wildman–Crippen MR) is 57.9 cm³/mol. The summed E-state index contributed by atoms with van der Waals surface area (Å²) in [6.45, 7) is 0.302. The van der Waals surface area contributed by atoms with Crippen LogP contribution in [0.15, 0.2) is 18.2 Å². The number of anilines is 1. The lowest BCUT2D eigenvalue weighted by molar-refractivity contribution is -0.114. The Morgan fingerprint density at radius 3 is 2.82 bits per heavy atom. The smallest absolute Gasteiger partial charge is 0.299 e. The number of ketones is 1. The molecule has 2 rings (SSSR count). The molecule has 1 aliphatic rings. The van der Waals surface area contributed by atoms with E-state index < -0.39 is 17.5 Å². The minimum Gasteiger partial charge on any atom is -0.305 e. The summed E-state index contributed by atoms with van der Waals surface area (Å²) in [6.07, 6.45) is 0.806. The van der Waals surface area contributed by atoms with E-state index in [1.807, 2.05) is 6.07 Å². The summed E-state index contributed by atoms with van der Waals surface area (Å²) in [6, 6.07) is 5.66. The molecule has 1 aliphatic heterocycles. The molecule has 0 radical (unpaired) electrons. The Balaban J connectivity index is 2.29. The third-order valence-electron chi connectivity index (χ3n) is 2.60. The largest absolute Gasteiger partial charge is 0.305 e. The number of carbonyl (C=O) groups excluding carboxylic acids is 2. The van der Waals surface area contributed by atoms with Crippen molar-refractivity contribution in [3.05, 3.63) is 29.6 Å². The SMILES string of the molecule is N#CCCCN1C(=O)C(=O)c2cc(F)ccc21. The maximum atomic E-state index is 13.0. The average molecular weight is 232 g/mol. The molecule has 0 aliphatic carbocycles. The van der Waals surface area contributed by atoms with Crippen molar-refractivity contribution in [2.24, 2.45) is 0 Å². The number of carbonyl (C=O) groups is 2. The zero-order valence-electron chi connectivity index (χ0n) is 8.94. The van der Waals surface area contributed by atoms with Gasteiger partial charge in [-0.15, -0.1) is 0 Å². The van der Waals surface area contributed by atoms with Gasteiger partial charge in [-0.1, -0.05) is 0 Å². The first-order valence-electron chi connectivity index (χ1n) is 5.18. The van der Waals surface area contributed by atoms with E-state index in [-0.39, 0.29) is 5.56 Å². The zero-order valence-corrected chi connectivity index (χ0v) is 8.94. The Kier molecular flexibility index (Phi) is 2.88. The molecule has 5 heteroatoms. The minimum atomic E-state index is -0.684. The van der Waals surface area contributed by atoms with E-state index >= 15 is 0 Å². The fourth-order valence-electron chi connectivity index (χ4n) is 1.81. The summed E-state index contributed by atoms with van der Waals surface area (Å²) in [4.78, 5) is 24.5. The topological polar surface area (TPSA) is 61.2 Å². The second kappa shape index (κ2) is 4.34. The number of halogens is 1. The zero-order chi connectivity index (χ0) is 12.4. The van der Waals surface area contributed by atoms with Gasteiger partial charge in [0.05, 0.1) is 17.3 Å². The Morgan fingerprint density at radius 2 is 2.12 bits per heavy atom. The summed E-state index contributed by atoms with van der Waals surface area (Å²) in [7, 11) is 0. The van der Waals surface area contributed by atoms with Gasteiger partial charge >= 0.3 is 0 Å². The molecule has 0 atom stereocenters. The molecule has 0 bridgehead atoms. The number of hydrogen-bond donors (Lipinski definition) is 0. The molecular formula is C12H9FN2O2. The van der Waals surface area contributed by atoms with Crippen LogP contribution in [-0.4, -0.2) is 18.2 Å². The standard InChI is InChI=1S/C12H9FN2O2/c13-8-3-4-10-9(7-8)11(16)12(17)15(10)6-2-1-5-14/h3-4,7H,1-2,6H2. The van der Waals surface area contributed by atoms with Crippen molar-refractivity contribution in [2.45, 2.75) is 12.8 Å². The van der Waals surface area contributed by atoms with E-state index in [9.17, 15) is 14.0 Å². The van der Waals surface area contributed by atoms with E-state index in [2.05, 4.69) is 0 Å². The maximum absolute atomic E-state index is 13.0. The molecule has 0 aromatic heterocycles. The molecular weight excluding hydrogens is 223 g/mol. The highest BCUT2D eigenvalue weighted by Gasteiger charge is 2.35. The Hall–Kier alpha value is -2.22. The van der Waals surface area contributed by atoms with Crippen molar-refractivity contribution in [3.8, 4) is 6.07 Å². The van der Waals surface area contributed by atoms with Crippen molar-refractivity contribution in [3.63, 3.8) is 0 Å². The molecule has 0 unspecified atom stereocenters. The van der Waals surface area contributed by atoms with Crippen molar-refractivity contribution < 1.29 is 14.0 Å². The fourth-order valence-corrected chi connectivity index (χ4v) is 1.81. The summed E-state index contributed by atoms with van der Waals surface area (Å²) in [5, 5.41) is 8.42. The van der Waals surface area contributed by atoms with Crippen molar-refractivity contribution in [1.82, 2.24) is 0 Å². The lowest BCUT2D eigenvalue weighted by atomic mass is 10.1. The van der Waals surface area contributed by atoms with Crippen LogP contribution in [0.1, 0.15) is 23.2 Å². The lowest BCUT2D eigenvalue weighted by Crippen LogP contribution is -2.30. The maximum Gasteiger partial charge on any atom is 0.299 e. The van der Waals surface area contributed by atoms with Gasteiger partial charge in [0, 0.05) is 13.0 Å². The fraction of sp³-hybridized carbons (Fsp3) is 0.250. The third-order valence-corrected chi connectivity index (χ3v) is 2.60. The minimum absolute atomic E-state index is 0.104. The van der Waals surface area contributed by atoms with Crippen LogP contribution in [0.4, 0.5) is 10.1 Å². The van der Waals surface area contributed by atoms with Gasteiger partial charge in [0.1, 0.15) is 5.82 Å². The number of rotatable bonds is 3. The first-order chi connectivity index (χ1) is 8.15. The van der Waals surface area contributed by atoms with Gasteiger partial charge in [0.25, 0.3) is 11.7 Å². The van der Waals surface area contributed by atoms with Gasteiger partial charge in [0.2, 0.25) is 0 Å². The van der Waals surface area contributed by atoms with Crippen molar-refractivity contribution in [2.75, 3.05) is 11.4 Å². The van der Waals surface area contributed by atoms with Gasteiger partial charge in [-0.2, -0.15) is 5.26 Å². The van der Waals surface area contributed by atoms with E-state index in [0.29, 0.717) is 25.1 Å². The number of amides is 1. The molecule has 4 nitrogen and oxygen atoms in total. The monoisotopic (exact) mass is 232 g/mol. The third kappa shape index (κ3) is 1.89.